The van der Waals surface area contributed by atoms with Crippen molar-refractivity contribution in [3.63, 3.8) is 0 Å². The van der Waals surface area contributed by atoms with Crippen molar-refractivity contribution in [3.05, 3.63) is 0 Å². The van der Waals surface area contributed by atoms with Crippen molar-refractivity contribution in [3.8, 4) is 0 Å². The molecule has 0 saturated carbocycles. The Balaban J connectivity index is 3.89. The third-order valence-corrected chi connectivity index (χ3v) is 6.35. The molecule has 0 aromatic carbocycles. The summed E-state index contributed by atoms with van der Waals surface area (Å²) in [6.45, 7) is 4.60. The van der Waals surface area contributed by atoms with E-state index in [0.717, 1.165) is 19.3 Å². The molecule has 0 fully saturated rings. The molecule has 0 aromatic heterocycles. The van der Waals surface area contributed by atoms with E-state index < -0.39 is 23.5 Å². The SMILES string of the molecule is CCCCCCCCCCCCCCCCCCOC(=O)C(C)(COC(C)=O)COC(=O)OCCCO. The smallest absolute Gasteiger partial charge is 0.465 e. The first kappa shape index (κ1) is 35.2. The van der Waals surface area contributed by atoms with Gasteiger partial charge in [-0.3, -0.25) is 9.59 Å². The molecule has 1 N–H and O–H groups in total. The van der Waals surface area contributed by atoms with Crippen molar-refractivity contribution in [1.82, 2.24) is 0 Å². The summed E-state index contributed by atoms with van der Waals surface area (Å²) in [7, 11) is 0. The van der Waals surface area contributed by atoms with Crippen LogP contribution in [0, 0.1) is 5.41 Å². The number of aliphatic hydroxyl groups excluding tert-OH is 1. The lowest BCUT2D eigenvalue weighted by Crippen LogP contribution is -2.40. The molecule has 0 saturated heterocycles. The van der Waals surface area contributed by atoms with Crippen molar-refractivity contribution >= 4 is 18.1 Å². The van der Waals surface area contributed by atoms with Gasteiger partial charge in [-0.25, -0.2) is 4.79 Å². The lowest BCUT2D eigenvalue weighted by molar-refractivity contribution is -0.165. The van der Waals surface area contributed by atoms with Crippen LogP contribution in [-0.2, 0) is 28.5 Å². The van der Waals surface area contributed by atoms with Crippen LogP contribution in [0.25, 0.3) is 0 Å². The lowest BCUT2D eigenvalue weighted by atomic mass is 9.93. The highest BCUT2D eigenvalue weighted by Gasteiger charge is 2.38. The highest BCUT2D eigenvalue weighted by atomic mass is 16.7. The Morgan fingerprint density at radius 3 is 1.49 bits per heavy atom. The van der Waals surface area contributed by atoms with E-state index in [0.29, 0.717) is 6.42 Å². The molecule has 37 heavy (non-hydrogen) atoms. The molecular formula is C29H54O8. The van der Waals surface area contributed by atoms with E-state index in [1.807, 2.05) is 0 Å². The van der Waals surface area contributed by atoms with E-state index in [1.54, 1.807) is 0 Å². The van der Waals surface area contributed by atoms with Crippen molar-refractivity contribution in [2.75, 3.05) is 33.0 Å². The molecule has 0 aliphatic carbocycles. The third kappa shape index (κ3) is 21.9. The van der Waals surface area contributed by atoms with Gasteiger partial charge in [0.2, 0.25) is 0 Å². The minimum absolute atomic E-state index is 0.0136. The molecule has 0 heterocycles. The first-order chi connectivity index (χ1) is 17.9. The highest BCUT2D eigenvalue weighted by Crippen LogP contribution is 2.21. The van der Waals surface area contributed by atoms with Crippen LogP contribution in [0.15, 0.2) is 0 Å². The van der Waals surface area contributed by atoms with Crippen molar-refractivity contribution < 1.29 is 38.4 Å². The van der Waals surface area contributed by atoms with E-state index in [1.165, 1.54) is 97.3 Å². The number of carbonyl (C=O) groups is 3. The predicted molar refractivity (Wildman–Crippen MR) is 144 cm³/mol. The van der Waals surface area contributed by atoms with Gasteiger partial charge in [-0.2, -0.15) is 0 Å². The van der Waals surface area contributed by atoms with Crippen LogP contribution in [0.5, 0.6) is 0 Å². The van der Waals surface area contributed by atoms with Crippen LogP contribution >= 0.6 is 0 Å². The van der Waals surface area contributed by atoms with Gasteiger partial charge in [0.25, 0.3) is 0 Å². The highest BCUT2D eigenvalue weighted by molar-refractivity contribution is 5.77. The molecule has 0 bridgehead atoms. The van der Waals surface area contributed by atoms with Crippen LogP contribution in [-0.4, -0.2) is 56.2 Å². The Hall–Kier alpha value is -1.83. The quantitative estimate of drug-likeness (QED) is 0.0771. The monoisotopic (exact) mass is 530 g/mol. The third-order valence-electron chi connectivity index (χ3n) is 6.35. The fourth-order valence-corrected chi connectivity index (χ4v) is 3.89. The first-order valence-corrected chi connectivity index (χ1v) is 14.6. The van der Waals surface area contributed by atoms with Crippen LogP contribution in [0.2, 0.25) is 0 Å². The Bertz CT molecular complexity index is 580. The van der Waals surface area contributed by atoms with Crippen LogP contribution in [0.4, 0.5) is 4.79 Å². The molecule has 1 unspecified atom stereocenters. The second-order valence-corrected chi connectivity index (χ2v) is 10.2. The second-order valence-electron chi connectivity index (χ2n) is 10.2. The zero-order valence-electron chi connectivity index (χ0n) is 23.9. The largest absolute Gasteiger partial charge is 0.508 e. The molecule has 8 nitrogen and oxygen atoms in total. The molecular weight excluding hydrogens is 476 g/mol. The van der Waals surface area contributed by atoms with Crippen molar-refractivity contribution in [2.45, 2.75) is 130 Å². The molecule has 0 aromatic rings. The van der Waals surface area contributed by atoms with Gasteiger partial charge < -0.3 is 24.1 Å². The van der Waals surface area contributed by atoms with E-state index in [-0.39, 0.29) is 33.0 Å². The summed E-state index contributed by atoms with van der Waals surface area (Å²) in [5, 5.41) is 8.73. The lowest BCUT2D eigenvalue weighted by Gasteiger charge is -2.26. The number of ether oxygens (including phenoxy) is 4. The molecule has 0 rings (SSSR count). The number of hydrogen-bond acceptors (Lipinski definition) is 8. The Morgan fingerprint density at radius 2 is 1.03 bits per heavy atom. The number of unbranched alkanes of at least 4 members (excludes halogenated alkanes) is 15. The van der Waals surface area contributed by atoms with Crippen LogP contribution < -0.4 is 0 Å². The van der Waals surface area contributed by atoms with Gasteiger partial charge >= 0.3 is 18.1 Å². The maximum absolute atomic E-state index is 12.6. The van der Waals surface area contributed by atoms with E-state index >= 15 is 0 Å². The van der Waals surface area contributed by atoms with E-state index in [2.05, 4.69) is 6.92 Å². The average molecular weight is 531 g/mol. The maximum Gasteiger partial charge on any atom is 0.508 e. The molecule has 218 valence electrons. The molecule has 0 spiro atoms. The van der Waals surface area contributed by atoms with Crippen molar-refractivity contribution in [1.29, 1.82) is 0 Å². The number of carbonyl (C=O) groups excluding carboxylic acids is 3. The summed E-state index contributed by atoms with van der Waals surface area (Å²) >= 11 is 0. The number of rotatable bonds is 25. The Kier molecular flexibility index (Phi) is 23.3. The minimum atomic E-state index is -1.32. The fourth-order valence-electron chi connectivity index (χ4n) is 3.89. The first-order valence-electron chi connectivity index (χ1n) is 14.6. The summed E-state index contributed by atoms with van der Waals surface area (Å²) in [4.78, 5) is 35.5. The summed E-state index contributed by atoms with van der Waals surface area (Å²) < 4.78 is 20.2. The normalized spacial score (nSPS) is 12.5. The molecule has 0 radical (unpaired) electrons. The number of aliphatic hydroxyl groups is 1. The number of esters is 2. The molecule has 0 aliphatic heterocycles. The molecule has 1 atom stereocenters. The minimum Gasteiger partial charge on any atom is -0.465 e. The number of hydrogen-bond donors (Lipinski definition) is 1. The summed E-state index contributed by atoms with van der Waals surface area (Å²) in [5.74, 6) is -1.12. The summed E-state index contributed by atoms with van der Waals surface area (Å²) in [5.41, 5.74) is -1.32. The van der Waals surface area contributed by atoms with Gasteiger partial charge in [-0.15, -0.1) is 0 Å². The fraction of sp³-hybridized carbons (Fsp3) is 0.897. The Labute approximate surface area is 225 Å². The van der Waals surface area contributed by atoms with E-state index in [9.17, 15) is 14.4 Å². The van der Waals surface area contributed by atoms with Gasteiger partial charge in [0, 0.05) is 20.0 Å². The standard InChI is InChI=1S/C29H54O8/c1-4-5-6-7-8-9-10-11-12-13-14-15-16-17-18-19-22-34-27(32)29(3,24-36-26(2)31)25-37-28(33)35-23-20-21-30/h30H,4-25H2,1-3H3. The van der Waals surface area contributed by atoms with Gasteiger partial charge in [0.15, 0.2) is 0 Å². The topological polar surface area (TPSA) is 108 Å². The maximum atomic E-state index is 12.6. The zero-order chi connectivity index (χ0) is 27.6. The van der Waals surface area contributed by atoms with Gasteiger partial charge in [0.05, 0.1) is 13.2 Å². The second kappa shape index (κ2) is 24.5. The molecule has 0 aliphatic rings. The zero-order valence-corrected chi connectivity index (χ0v) is 23.9. The summed E-state index contributed by atoms with van der Waals surface area (Å²) in [6, 6.07) is 0. The van der Waals surface area contributed by atoms with Crippen molar-refractivity contribution in [2.24, 2.45) is 5.41 Å². The van der Waals surface area contributed by atoms with E-state index in [4.69, 9.17) is 24.1 Å². The molecule has 0 amide bonds. The van der Waals surface area contributed by atoms with Crippen LogP contribution in [0.1, 0.15) is 130 Å². The molecule has 8 heteroatoms. The predicted octanol–water partition coefficient (Wildman–Crippen LogP) is 6.90. The van der Waals surface area contributed by atoms with Gasteiger partial charge in [-0.05, 0) is 13.3 Å². The van der Waals surface area contributed by atoms with Gasteiger partial charge in [-0.1, -0.05) is 103 Å². The summed E-state index contributed by atoms with van der Waals surface area (Å²) in [6.07, 6.45) is 19.7. The Morgan fingerprint density at radius 1 is 0.595 bits per heavy atom. The average Bonchev–Trinajstić information content (AvgIpc) is 2.88. The van der Waals surface area contributed by atoms with Crippen LogP contribution in [0.3, 0.4) is 0 Å². The van der Waals surface area contributed by atoms with Gasteiger partial charge in [0.1, 0.15) is 18.6 Å².